The fraction of sp³-hybridized carbons (Fsp3) is 0.333. The Labute approximate surface area is 56.9 Å². The first-order chi connectivity index (χ1) is 4.70. The lowest BCUT2D eigenvalue weighted by Crippen LogP contribution is -2.15. The molecule has 0 unspecified atom stereocenters. The van der Waals surface area contributed by atoms with Crippen LogP contribution in [0.5, 0.6) is 0 Å². The van der Waals surface area contributed by atoms with Crippen molar-refractivity contribution in [1.82, 2.24) is 19.5 Å². The van der Waals surface area contributed by atoms with Gasteiger partial charge in [0.1, 0.15) is 13.0 Å². The molecule has 1 aliphatic rings. The molecule has 7 heteroatoms. The van der Waals surface area contributed by atoms with Gasteiger partial charge in [0.05, 0.1) is 0 Å². The minimum absolute atomic E-state index is 0.00694. The average Bonchev–Trinajstić information content (AvgIpc) is 2.36. The zero-order valence-corrected chi connectivity index (χ0v) is 5.67. The largest absolute Gasteiger partial charge is 0.277 e. The van der Waals surface area contributed by atoms with E-state index in [-0.39, 0.29) is 11.8 Å². The molecule has 1 N–H and O–H groups in total. The van der Waals surface area contributed by atoms with E-state index in [1.54, 1.807) is 0 Å². The van der Waals surface area contributed by atoms with Crippen molar-refractivity contribution in [3.63, 3.8) is 0 Å². The van der Waals surface area contributed by atoms with Crippen LogP contribution in [-0.4, -0.2) is 23.2 Å². The second kappa shape index (κ2) is 1.55. The molecule has 0 aromatic carbocycles. The van der Waals surface area contributed by atoms with Crippen LogP contribution in [0.4, 0.5) is 0 Å². The van der Waals surface area contributed by atoms with Crippen LogP contribution in [0.3, 0.4) is 0 Å². The first kappa shape index (κ1) is 5.81. The lowest BCUT2D eigenvalue weighted by Gasteiger charge is -1.84. The number of rotatable bonds is 0. The number of fused-ring (bicyclic) bond motifs is 1. The smallest absolute Gasteiger partial charge is 0.220 e. The van der Waals surface area contributed by atoms with Crippen molar-refractivity contribution < 1.29 is 8.42 Å². The maximum absolute atomic E-state index is 10.9. The molecule has 1 aromatic rings. The first-order valence-corrected chi connectivity index (χ1v) is 4.06. The van der Waals surface area contributed by atoms with E-state index >= 15 is 0 Å². The van der Waals surface area contributed by atoms with Crippen LogP contribution >= 0.6 is 0 Å². The number of nitrogens with one attached hydrogen (secondary N) is 1. The third kappa shape index (κ3) is 0.582. The number of aromatic nitrogens is 3. The normalized spacial score (nSPS) is 20.8. The molecule has 0 fully saturated rings. The molecule has 0 radical (unpaired) electrons. The highest BCUT2D eigenvalue weighted by Crippen LogP contribution is 2.08. The van der Waals surface area contributed by atoms with Crippen LogP contribution in [-0.2, 0) is 16.7 Å². The Bertz CT molecular complexity index is 352. The van der Waals surface area contributed by atoms with Gasteiger partial charge in [-0.3, -0.25) is 0 Å². The van der Waals surface area contributed by atoms with E-state index in [1.807, 2.05) is 0 Å². The Morgan fingerprint density at radius 1 is 1.70 bits per heavy atom. The van der Waals surface area contributed by atoms with Gasteiger partial charge in [-0.2, -0.15) is 9.82 Å². The summed E-state index contributed by atoms with van der Waals surface area (Å²) in [5, 5.41) is 3.65. The predicted octanol–water partition coefficient (Wildman–Crippen LogP) is -1.47. The second-order valence-electron chi connectivity index (χ2n) is 1.85. The van der Waals surface area contributed by atoms with Crippen molar-refractivity contribution in [3.05, 3.63) is 6.33 Å². The van der Waals surface area contributed by atoms with E-state index in [9.17, 15) is 8.42 Å². The van der Waals surface area contributed by atoms with Crippen molar-refractivity contribution in [3.8, 4) is 0 Å². The Morgan fingerprint density at radius 3 is 3.20 bits per heavy atom. The van der Waals surface area contributed by atoms with E-state index in [1.165, 1.54) is 11.0 Å². The molecule has 1 aromatic heterocycles. The van der Waals surface area contributed by atoms with Gasteiger partial charge in [-0.15, -0.1) is 0 Å². The molecule has 2 heterocycles. The van der Waals surface area contributed by atoms with Crippen molar-refractivity contribution in [2.45, 2.75) is 11.8 Å². The fourth-order valence-corrected chi connectivity index (χ4v) is 1.78. The highest BCUT2D eigenvalue weighted by molar-refractivity contribution is 7.89. The molecule has 54 valence electrons. The fourth-order valence-electron chi connectivity index (χ4n) is 0.781. The Hall–Kier alpha value is -0.950. The first-order valence-electron chi connectivity index (χ1n) is 2.57. The Morgan fingerprint density at radius 2 is 2.50 bits per heavy atom. The summed E-state index contributed by atoms with van der Waals surface area (Å²) >= 11 is 0. The van der Waals surface area contributed by atoms with Gasteiger partial charge in [-0.1, -0.05) is 0 Å². The zero-order chi connectivity index (χ0) is 7.19. The topological polar surface area (TPSA) is 76.9 Å². The SMILES string of the molecule is O=S1(=O)NCn2ncnc21. The number of hydrogen-bond acceptors (Lipinski definition) is 4. The quantitative estimate of drug-likeness (QED) is 0.502. The molecule has 0 bridgehead atoms. The van der Waals surface area contributed by atoms with Crippen LogP contribution < -0.4 is 4.72 Å². The average molecular weight is 160 g/mol. The predicted molar refractivity (Wildman–Crippen MR) is 30.3 cm³/mol. The minimum atomic E-state index is -3.32. The van der Waals surface area contributed by atoms with Crippen molar-refractivity contribution in [2.75, 3.05) is 0 Å². The Kier molecular flexibility index (Phi) is 0.902. The van der Waals surface area contributed by atoms with Crippen molar-refractivity contribution >= 4 is 10.0 Å². The van der Waals surface area contributed by atoms with Crippen LogP contribution in [0.25, 0.3) is 0 Å². The zero-order valence-electron chi connectivity index (χ0n) is 4.85. The summed E-state index contributed by atoms with van der Waals surface area (Å²) in [7, 11) is -3.32. The van der Waals surface area contributed by atoms with Crippen LogP contribution in [0.15, 0.2) is 11.5 Å². The van der Waals surface area contributed by atoms with E-state index in [4.69, 9.17) is 0 Å². The molecule has 0 amide bonds. The van der Waals surface area contributed by atoms with E-state index in [0.717, 1.165) is 0 Å². The summed E-state index contributed by atoms with van der Waals surface area (Å²) in [6.07, 6.45) is 1.22. The third-order valence-electron chi connectivity index (χ3n) is 1.22. The summed E-state index contributed by atoms with van der Waals surface area (Å²) in [6, 6.07) is 0. The highest BCUT2D eigenvalue weighted by atomic mass is 32.2. The van der Waals surface area contributed by atoms with E-state index in [0.29, 0.717) is 0 Å². The summed E-state index contributed by atoms with van der Waals surface area (Å²) in [5.74, 6) is 0. The lowest BCUT2D eigenvalue weighted by molar-refractivity contribution is 0.582. The molecular formula is C3H4N4O2S. The maximum Gasteiger partial charge on any atom is 0.277 e. The minimum Gasteiger partial charge on any atom is -0.220 e. The molecule has 6 nitrogen and oxygen atoms in total. The molecule has 0 saturated heterocycles. The van der Waals surface area contributed by atoms with Gasteiger partial charge < -0.3 is 0 Å². The van der Waals surface area contributed by atoms with Gasteiger partial charge in [0, 0.05) is 0 Å². The van der Waals surface area contributed by atoms with Gasteiger partial charge in [0.25, 0.3) is 15.2 Å². The molecule has 0 atom stereocenters. The maximum atomic E-state index is 10.9. The van der Waals surface area contributed by atoms with E-state index < -0.39 is 10.0 Å². The summed E-state index contributed by atoms with van der Waals surface area (Å²) in [5.41, 5.74) is 0. The number of nitrogens with zero attached hydrogens (tertiary/aromatic N) is 3. The molecule has 10 heavy (non-hydrogen) atoms. The second-order valence-corrected chi connectivity index (χ2v) is 3.51. The molecule has 0 saturated carbocycles. The van der Waals surface area contributed by atoms with Gasteiger partial charge in [0.2, 0.25) is 0 Å². The lowest BCUT2D eigenvalue weighted by atomic mass is 11.1. The summed E-state index contributed by atoms with van der Waals surface area (Å²) in [4.78, 5) is 3.55. The standard InChI is InChI=1S/C3H4N4O2S/c8-10(9)3-4-1-5-7(3)2-6-10/h1,6H,2H2. The molecule has 2 rings (SSSR count). The van der Waals surface area contributed by atoms with Gasteiger partial charge in [-0.05, 0) is 0 Å². The van der Waals surface area contributed by atoms with Crippen molar-refractivity contribution in [1.29, 1.82) is 0 Å². The number of hydrogen-bond donors (Lipinski definition) is 1. The van der Waals surface area contributed by atoms with Crippen LogP contribution in [0, 0.1) is 0 Å². The highest BCUT2D eigenvalue weighted by Gasteiger charge is 2.27. The molecule has 1 aliphatic heterocycles. The molecule has 0 spiro atoms. The van der Waals surface area contributed by atoms with Crippen LogP contribution in [0.2, 0.25) is 0 Å². The van der Waals surface area contributed by atoms with Gasteiger partial charge in [-0.25, -0.2) is 18.1 Å². The summed E-state index contributed by atoms with van der Waals surface area (Å²) < 4.78 is 25.3. The summed E-state index contributed by atoms with van der Waals surface area (Å²) in [6.45, 7) is 0.192. The Balaban J connectivity index is 2.76. The van der Waals surface area contributed by atoms with Crippen molar-refractivity contribution in [2.24, 2.45) is 0 Å². The van der Waals surface area contributed by atoms with Gasteiger partial charge in [0.15, 0.2) is 0 Å². The molecular weight excluding hydrogens is 156 g/mol. The molecule has 0 aliphatic carbocycles. The number of sulfonamides is 1. The van der Waals surface area contributed by atoms with E-state index in [2.05, 4.69) is 14.8 Å². The van der Waals surface area contributed by atoms with Crippen LogP contribution in [0.1, 0.15) is 0 Å². The monoisotopic (exact) mass is 160 g/mol. The van der Waals surface area contributed by atoms with Gasteiger partial charge >= 0.3 is 0 Å². The third-order valence-corrected chi connectivity index (χ3v) is 2.53.